The highest BCUT2D eigenvalue weighted by molar-refractivity contribution is 5.28. The number of aliphatic hydroxyl groups excluding tert-OH is 1. The first-order chi connectivity index (χ1) is 8.13. The van der Waals surface area contributed by atoms with Gasteiger partial charge < -0.3 is 5.11 Å². The topological polar surface area (TPSA) is 20.2 Å². The maximum absolute atomic E-state index is 9.85. The predicted octanol–water partition coefficient (Wildman–Crippen LogP) is 3.79. The van der Waals surface area contributed by atoms with Crippen molar-refractivity contribution in [2.45, 2.75) is 58.5 Å². The molecule has 1 N–H and O–H groups in total. The highest BCUT2D eigenvalue weighted by Crippen LogP contribution is 2.27. The van der Waals surface area contributed by atoms with Crippen molar-refractivity contribution in [3.63, 3.8) is 0 Å². The van der Waals surface area contributed by atoms with Gasteiger partial charge in [0.15, 0.2) is 0 Å². The number of aliphatic hydroxyl groups is 1. The van der Waals surface area contributed by atoms with E-state index >= 15 is 0 Å². The summed E-state index contributed by atoms with van der Waals surface area (Å²) in [6.07, 6.45) is 6.84. The SMILES string of the molecule is Cc1cc(C)cc(CC2CCCCC(O)C2)c1. The molecule has 1 fully saturated rings. The van der Waals surface area contributed by atoms with E-state index in [0.717, 1.165) is 19.3 Å². The molecule has 1 saturated carbocycles. The number of aryl methyl sites for hydroxylation is 2. The molecule has 94 valence electrons. The van der Waals surface area contributed by atoms with Crippen molar-refractivity contribution in [2.75, 3.05) is 0 Å². The summed E-state index contributed by atoms with van der Waals surface area (Å²) in [6, 6.07) is 6.82. The van der Waals surface area contributed by atoms with Gasteiger partial charge in [0.2, 0.25) is 0 Å². The Morgan fingerprint density at radius 3 is 2.41 bits per heavy atom. The average Bonchev–Trinajstić information content (AvgIpc) is 2.41. The molecule has 1 nitrogen and oxygen atoms in total. The lowest BCUT2D eigenvalue weighted by atomic mass is 9.90. The van der Waals surface area contributed by atoms with E-state index in [1.165, 1.54) is 36.0 Å². The van der Waals surface area contributed by atoms with Crippen molar-refractivity contribution in [3.05, 3.63) is 34.9 Å². The summed E-state index contributed by atoms with van der Waals surface area (Å²) >= 11 is 0. The van der Waals surface area contributed by atoms with Crippen molar-refractivity contribution in [3.8, 4) is 0 Å². The van der Waals surface area contributed by atoms with Crippen LogP contribution in [0.25, 0.3) is 0 Å². The number of rotatable bonds is 2. The first-order valence-corrected chi connectivity index (χ1v) is 6.89. The van der Waals surface area contributed by atoms with Crippen LogP contribution in [0.15, 0.2) is 18.2 Å². The van der Waals surface area contributed by atoms with E-state index in [1.54, 1.807) is 0 Å². The molecule has 0 aromatic heterocycles. The first-order valence-electron chi connectivity index (χ1n) is 6.89. The molecular formula is C16H24O. The minimum absolute atomic E-state index is 0.0617. The van der Waals surface area contributed by atoms with E-state index in [4.69, 9.17) is 0 Å². The maximum atomic E-state index is 9.85. The summed E-state index contributed by atoms with van der Waals surface area (Å²) in [5.74, 6) is 0.675. The average molecular weight is 232 g/mol. The molecule has 0 radical (unpaired) electrons. The molecule has 2 rings (SSSR count). The van der Waals surface area contributed by atoms with Crippen LogP contribution < -0.4 is 0 Å². The lowest BCUT2D eigenvalue weighted by Crippen LogP contribution is -2.12. The van der Waals surface area contributed by atoms with E-state index in [0.29, 0.717) is 5.92 Å². The Hall–Kier alpha value is -0.820. The van der Waals surface area contributed by atoms with Crippen LogP contribution in [0.5, 0.6) is 0 Å². The van der Waals surface area contributed by atoms with Gasteiger partial charge >= 0.3 is 0 Å². The van der Waals surface area contributed by atoms with E-state index in [1.807, 2.05) is 0 Å². The summed E-state index contributed by atoms with van der Waals surface area (Å²) in [4.78, 5) is 0. The van der Waals surface area contributed by atoms with Gasteiger partial charge in [0.1, 0.15) is 0 Å². The van der Waals surface area contributed by atoms with Crippen LogP contribution in [-0.4, -0.2) is 11.2 Å². The quantitative estimate of drug-likeness (QED) is 0.769. The van der Waals surface area contributed by atoms with Crippen molar-refractivity contribution < 1.29 is 5.11 Å². The fourth-order valence-corrected chi connectivity index (χ4v) is 3.14. The van der Waals surface area contributed by atoms with Gasteiger partial charge in [-0.2, -0.15) is 0 Å². The number of benzene rings is 1. The van der Waals surface area contributed by atoms with Crippen LogP contribution in [-0.2, 0) is 6.42 Å². The fraction of sp³-hybridized carbons (Fsp3) is 0.625. The molecular weight excluding hydrogens is 208 g/mol. The molecule has 1 aromatic carbocycles. The van der Waals surface area contributed by atoms with Crippen LogP contribution in [0.3, 0.4) is 0 Å². The van der Waals surface area contributed by atoms with Gasteiger partial charge in [-0.3, -0.25) is 0 Å². The molecule has 17 heavy (non-hydrogen) atoms. The van der Waals surface area contributed by atoms with E-state index in [-0.39, 0.29) is 6.10 Å². The summed E-state index contributed by atoms with van der Waals surface area (Å²) in [5, 5.41) is 9.85. The van der Waals surface area contributed by atoms with E-state index < -0.39 is 0 Å². The number of hydrogen-bond donors (Lipinski definition) is 1. The molecule has 0 bridgehead atoms. The Bertz CT molecular complexity index is 350. The third kappa shape index (κ3) is 3.85. The van der Waals surface area contributed by atoms with Crippen molar-refractivity contribution >= 4 is 0 Å². The summed E-state index contributed by atoms with van der Waals surface area (Å²) < 4.78 is 0. The van der Waals surface area contributed by atoms with Crippen LogP contribution in [0.1, 0.15) is 48.8 Å². The normalized spacial score (nSPS) is 25.6. The van der Waals surface area contributed by atoms with Gasteiger partial charge in [0.05, 0.1) is 6.10 Å². The van der Waals surface area contributed by atoms with Crippen molar-refractivity contribution in [1.82, 2.24) is 0 Å². The standard InChI is InChI=1S/C16H24O/c1-12-7-13(2)9-15(8-12)10-14-5-3-4-6-16(17)11-14/h7-9,14,16-17H,3-6,10-11H2,1-2H3. The smallest absolute Gasteiger partial charge is 0.0543 e. The molecule has 0 spiro atoms. The van der Waals surface area contributed by atoms with E-state index in [2.05, 4.69) is 32.0 Å². The minimum atomic E-state index is -0.0617. The summed E-state index contributed by atoms with van der Waals surface area (Å²) in [7, 11) is 0. The van der Waals surface area contributed by atoms with E-state index in [9.17, 15) is 5.11 Å². The zero-order valence-corrected chi connectivity index (χ0v) is 11.1. The molecule has 2 atom stereocenters. The molecule has 0 heterocycles. The van der Waals surface area contributed by atoms with Crippen molar-refractivity contribution in [2.24, 2.45) is 5.92 Å². The van der Waals surface area contributed by atoms with Gasteiger partial charge in [0.25, 0.3) is 0 Å². The lowest BCUT2D eigenvalue weighted by molar-refractivity contribution is 0.141. The first kappa shape index (κ1) is 12.6. The Kier molecular flexibility index (Phi) is 4.22. The van der Waals surface area contributed by atoms with Gasteiger partial charge in [-0.05, 0) is 44.6 Å². The highest BCUT2D eigenvalue weighted by atomic mass is 16.3. The van der Waals surface area contributed by atoms with Gasteiger partial charge in [-0.25, -0.2) is 0 Å². The second-order valence-electron chi connectivity index (χ2n) is 5.74. The predicted molar refractivity (Wildman–Crippen MR) is 72.2 cm³/mol. The van der Waals surface area contributed by atoms with Crippen LogP contribution in [0, 0.1) is 19.8 Å². The van der Waals surface area contributed by atoms with Crippen LogP contribution in [0.4, 0.5) is 0 Å². The molecule has 0 aliphatic heterocycles. The lowest BCUT2D eigenvalue weighted by Gasteiger charge is -2.17. The third-order valence-electron chi connectivity index (χ3n) is 3.81. The maximum Gasteiger partial charge on any atom is 0.0543 e. The number of hydrogen-bond acceptors (Lipinski definition) is 1. The molecule has 0 amide bonds. The Balaban J connectivity index is 2.03. The summed E-state index contributed by atoms with van der Waals surface area (Å²) in [6.45, 7) is 4.33. The fourth-order valence-electron chi connectivity index (χ4n) is 3.14. The largest absolute Gasteiger partial charge is 0.393 e. The highest BCUT2D eigenvalue weighted by Gasteiger charge is 2.18. The Morgan fingerprint density at radius 2 is 1.71 bits per heavy atom. The molecule has 1 aromatic rings. The zero-order valence-electron chi connectivity index (χ0n) is 11.1. The summed E-state index contributed by atoms with van der Waals surface area (Å²) in [5.41, 5.74) is 4.16. The molecule has 1 aliphatic carbocycles. The van der Waals surface area contributed by atoms with Crippen LogP contribution in [0.2, 0.25) is 0 Å². The molecule has 1 aliphatic rings. The molecule has 1 heteroatoms. The monoisotopic (exact) mass is 232 g/mol. The Morgan fingerprint density at radius 1 is 1.06 bits per heavy atom. The second-order valence-corrected chi connectivity index (χ2v) is 5.74. The zero-order chi connectivity index (χ0) is 12.3. The van der Waals surface area contributed by atoms with Crippen molar-refractivity contribution in [1.29, 1.82) is 0 Å². The second kappa shape index (κ2) is 5.68. The minimum Gasteiger partial charge on any atom is -0.393 e. The van der Waals surface area contributed by atoms with Gasteiger partial charge in [0, 0.05) is 0 Å². The van der Waals surface area contributed by atoms with Crippen LogP contribution >= 0.6 is 0 Å². The Labute approximate surface area is 105 Å². The van der Waals surface area contributed by atoms with Gasteiger partial charge in [-0.1, -0.05) is 48.6 Å². The molecule has 0 saturated heterocycles. The van der Waals surface area contributed by atoms with Gasteiger partial charge in [-0.15, -0.1) is 0 Å². The third-order valence-corrected chi connectivity index (χ3v) is 3.81. The molecule has 2 unspecified atom stereocenters.